The van der Waals surface area contributed by atoms with Gasteiger partial charge < -0.3 is 14.8 Å². The van der Waals surface area contributed by atoms with Gasteiger partial charge in [0, 0.05) is 6.54 Å². The molecule has 1 amide bonds. The van der Waals surface area contributed by atoms with Crippen molar-refractivity contribution >= 4 is 11.9 Å². The van der Waals surface area contributed by atoms with Crippen molar-refractivity contribution in [3.05, 3.63) is 29.8 Å². The van der Waals surface area contributed by atoms with E-state index in [0.717, 1.165) is 11.3 Å². The van der Waals surface area contributed by atoms with E-state index in [9.17, 15) is 9.59 Å². The Balaban J connectivity index is 2.39. The van der Waals surface area contributed by atoms with Gasteiger partial charge in [0.1, 0.15) is 5.75 Å². The molecule has 0 unspecified atom stereocenters. The fourth-order valence-electron chi connectivity index (χ4n) is 1.26. The molecule has 0 radical (unpaired) electrons. The van der Waals surface area contributed by atoms with E-state index in [4.69, 9.17) is 9.47 Å². The third-order valence-corrected chi connectivity index (χ3v) is 2.23. The Morgan fingerprint density at radius 1 is 1.22 bits per heavy atom. The summed E-state index contributed by atoms with van der Waals surface area (Å²) in [4.78, 5) is 22.5. The van der Waals surface area contributed by atoms with E-state index in [1.165, 1.54) is 0 Å². The van der Waals surface area contributed by atoms with Gasteiger partial charge in [-0.1, -0.05) is 19.1 Å². The first kappa shape index (κ1) is 14.0. The molecule has 98 valence electrons. The lowest BCUT2D eigenvalue weighted by Crippen LogP contribution is -2.32. The van der Waals surface area contributed by atoms with E-state index in [0.29, 0.717) is 6.42 Å². The van der Waals surface area contributed by atoms with Gasteiger partial charge in [-0.15, -0.1) is 0 Å². The number of benzene rings is 1. The Kier molecular flexibility index (Phi) is 5.70. The Hall–Kier alpha value is -2.04. The average Bonchev–Trinajstić information content (AvgIpc) is 2.42. The number of carbonyl (C=O) groups is 2. The molecule has 1 aromatic carbocycles. The van der Waals surface area contributed by atoms with Crippen LogP contribution in [-0.2, 0) is 20.9 Å². The predicted octanol–water partition coefficient (Wildman–Crippen LogP) is 1.26. The second-order valence-corrected chi connectivity index (χ2v) is 3.67. The summed E-state index contributed by atoms with van der Waals surface area (Å²) in [5.74, 6) is -0.822. The number of amides is 1. The molecule has 0 saturated heterocycles. The molecular weight excluding hydrogens is 234 g/mol. The third-order valence-electron chi connectivity index (χ3n) is 2.23. The van der Waals surface area contributed by atoms with Crippen molar-refractivity contribution in [1.82, 2.24) is 5.32 Å². The van der Waals surface area contributed by atoms with Gasteiger partial charge in [-0.3, -0.25) is 4.79 Å². The summed E-state index contributed by atoms with van der Waals surface area (Å²) >= 11 is 0. The monoisotopic (exact) mass is 251 g/mol. The zero-order valence-corrected chi connectivity index (χ0v) is 10.6. The van der Waals surface area contributed by atoms with Crippen molar-refractivity contribution in [2.45, 2.75) is 19.9 Å². The van der Waals surface area contributed by atoms with Crippen LogP contribution in [0.15, 0.2) is 24.3 Å². The molecule has 0 aliphatic carbocycles. The Morgan fingerprint density at radius 3 is 2.44 bits per heavy atom. The fraction of sp³-hybridized carbons (Fsp3) is 0.385. The average molecular weight is 251 g/mol. The lowest BCUT2D eigenvalue weighted by atomic mass is 10.2. The van der Waals surface area contributed by atoms with Crippen molar-refractivity contribution in [2.75, 3.05) is 13.7 Å². The smallest absolute Gasteiger partial charge is 0.396 e. The largest absolute Gasteiger partial charge is 0.497 e. The summed E-state index contributed by atoms with van der Waals surface area (Å²) in [6.45, 7) is 2.40. The molecule has 1 N–H and O–H groups in total. The highest BCUT2D eigenvalue weighted by Gasteiger charge is 2.13. The minimum absolute atomic E-state index is 0.259. The molecule has 0 saturated carbocycles. The Morgan fingerprint density at radius 2 is 1.89 bits per heavy atom. The molecular formula is C13H17NO4. The molecule has 0 fully saturated rings. The summed E-state index contributed by atoms with van der Waals surface area (Å²) in [5, 5.41) is 2.49. The summed E-state index contributed by atoms with van der Waals surface area (Å²) < 4.78 is 9.72. The van der Waals surface area contributed by atoms with Gasteiger partial charge in [0.05, 0.1) is 13.7 Å². The normalized spacial score (nSPS) is 9.67. The highest BCUT2D eigenvalue weighted by Crippen LogP contribution is 2.10. The number of hydrogen-bond donors (Lipinski definition) is 1. The third kappa shape index (κ3) is 4.45. The van der Waals surface area contributed by atoms with E-state index in [2.05, 4.69) is 5.32 Å². The second-order valence-electron chi connectivity index (χ2n) is 3.67. The van der Waals surface area contributed by atoms with Crippen LogP contribution < -0.4 is 10.1 Å². The lowest BCUT2D eigenvalue weighted by molar-refractivity contribution is -0.155. The van der Waals surface area contributed by atoms with E-state index >= 15 is 0 Å². The summed E-state index contributed by atoms with van der Waals surface area (Å²) in [6, 6.07) is 7.21. The van der Waals surface area contributed by atoms with Crippen LogP contribution in [0, 0.1) is 0 Å². The number of nitrogens with one attached hydrogen (secondary N) is 1. The van der Waals surface area contributed by atoms with E-state index in [-0.39, 0.29) is 13.2 Å². The quantitative estimate of drug-likeness (QED) is 0.632. The van der Waals surface area contributed by atoms with Gasteiger partial charge in [-0.25, -0.2) is 4.79 Å². The van der Waals surface area contributed by atoms with Gasteiger partial charge >= 0.3 is 11.9 Å². The molecule has 0 spiro atoms. The van der Waals surface area contributed by atoms with Crippen molar-refractivity contribution in [1.29, 1.82) is 0 Å². The van der Waals surface area contributed by atoms with Crippen LogP contribution in [0.3, 0.4) is 0 Å². The molecule has 18 heavy (non-hydrogen) atoms. The van der Waals surface area contributed by atoms with Gasteiger partial charge in [-0.05, 0) is 24.1 Å². The van der Waals surface area contributed by atoms with Crippen molar-refractivity contribution in [3.8, 4) is 5.75 Å². The van der Waals surface area contributed by atoms with Crippen molar-refractivity contribution in [2.24, 2.45) is 0 Å². The molecule has 1 aromatic rings. The zero-order chi connectivity index (χ0) is 13.4. The first-order chi connectivity index (χ1) is 8.67. The minimum Gasteiger partial charge on any atom is -0.497 e. The number of ether oxygens (including phenoxy) is 2. The highest BCUT2D eigenvalue weighted by atomic mass is 16.5. The molecule has 0 aliphatic heterocycles. The molecule has 5 nitrogen and oxygen atoms in total. The first-order valence-corrected chi connectivity index (χ1v) is 5.75. The topological polar surface area (TPSA) is 64.6 Å². The molecule has 0 bridgehead atoms. The van der Waals surface area contributed by atoms with Crippen LogP contribution in [0.25, 0.3) is 0 Å². The van der Waals surface area contributed by atoms with Crippen molar-refractivity contribution < 1.29 is 19.1 Å². The number of esters is 1. The maximum atomic E-state index is 11.3. The van der Waals surface area contributed by atoms with Crippen molar-refractivity contribution in [3.63, 3.8) is 0 Å². The van der Waals surface area contributed by atoms with Gasteiger partial charge in [0.25, 0.3) is 0 Å². The molecule has 5 heteroatoms. The van der Waals surface area contributed by atoms with E-state index < -0.39 is 11.9 Å². The maximum Gasteiger partial charge on any atom is 0.396 e. The predicted molar refractivity (Wildman–Crippen MR) is 66.1 cm³/mol. The molecule has 0 atom stereocenters. The summed E-state index contributed by atoms with van der Waals surface area (Å²) in [7, 11) is 1.58. The fourth-order valence-corrected chi connectivity index (χ4v) is 1.26. The second kappa shape index (κ2) is 7.32. The highest BCUT2D eigenvalue weighted by molar-refractivity contribution is 6.32. The number of carbonyl (C=O) groups excluding carboxylic acids is 2. The lowest BCUT2D eigenvalue weighted by Gasteiger charge is -2.06. The zero-order valence-electron chi connectivity index (χ0n) is 10.6. The number of hydrogen-bond acceptors (Lipinski definition) is 4. The Labute approximate surface area is 106 Å². The molecule has 1 rings (SSSR count). The van der Waals surface area contributed by atoms with Crippen LogP contribution >= 0.6 is 0 Å². The SMILES string of the molecule is CCCOC(=O)C(=O)NCc1ccc(OC)cc1. The van der Waals surface area contributed by atoms with Crippen LogP contribution in [-0.4, -0.2) is 25.6 Å². The van der Waals surface area contributed by atoms with Crippen LogP contribution in [0.2, 0.25) is 0 Å². The Bertz CT molecular complexity index is 400. The van der Waals surface area contributed by atoms with Gasteiger partial charge in [0.15, 0.2) is 0 Å². The summed E-state index contributed by atoms with van der Waals surface area (Å²) in [6.07, 6.45) is 0.692. The van der Waals surface area contributed by atoms with Gasteiger partial charge in [0.2, 0.25) is 0 Å². The number of rotatable bonds is 5. The van der Waals surface area contributed by atoms with E-state index in [1.807, 2.05) is 19.1 Å². The van der Waals surface area contributed by atoms with E-state index in [1.54, 1.807) is 19.2 Å². The van der Waals surface area contributed by atoms with Crippen LogP contribution in [0.4, 0.5) is 0 Å². The number of methoxy groups -OCH3 is 1. The molecule has 0 aliphatic rings. The standard InChI is InChI=1S/C13H17NO4/c1-3-8-18-13(16)12(15)14-9-10-4-6-11(17-2)7-5-10/h4-7H,3,8-9H2,1-2H3,(H,14,15). The molecule has 0 heterocycles. The minimum atomic E-state index is -0.842. The molecule has 0 aromatic heterocycles. The first-order valence-electron chi connectivity index (χ1n) is 5.75. The van der Waals surface area contributed by atoms with Gasteiger partial charge in [-0.2, -0.15) is 0 Å². The van der Waals surface area contributed by atoms with Crippen LogP contribution in [0.5, 0.6) is 5.75 Å². The summed E-state index contributed by atoms with van der Waals surface area (Å²) in [5.41, 5.74) is 0.882. The van der Waals surface area contributed by atoms with Crippen LogP contribution in [0.1, 0.15) is 18.9 Å². The maximum absolute atomic E-state index is 11.3.